The maximum atomic E-state index is 2.59. The average Bonchev–Trinajstić information content (AvgIpc) is 0.730. The van der Waals surface area contributed by atoms with Crippen molar-refractivity contribution < 1.29 is 0 Å². The van der Waals surface area contributed by atoms with Crippen LogP contribution in [0.4, 0.5) is 0 Å². The van der Waals surface area contributed by atoms with Gasteiger partial charge < -0.3 is 0 Å². The Kier molecular flexibility index (Phi) is 122. The van der Waals surface area contributed by atoms with Gasteiger partial charge in [0.25, 0.3) is 0 Å². The van der Waals surface area contributed by atoms with Crippen LogP contribution in [0.15, 0.2) is 0 Å². The summed E-state index contributed by atoms with van der Waals surface area (Å²) in [5, 5.41) is 0. The zero-order chi connectivity index (χ0) is 99.3. The van der Waals surface area contributed by atoms with E-state index in [0.717, 1.165) is 11.8 Å². The smallest absolute Gasteiger partial charge is 0.0184 e. The van der Waals surface area contributed by atoms with Gasteiger partial charge in [0.05, 0.1) is 0 Å². The molecule has 138 heavy (non-hydrogen) atoms. The van der Waals surface area contributed by atoms with Gasteiger partial charge in [-0.1, -0.05) is 813 Å². The van der Waals surface area contributed by atoms with E-state index < -0.39 is 0 Å². The van der Waals surface area contributed by atoms with Gasteiger partial charge in [-0.15, -0.1) is 0 Å². The van der Waals surface area contributed by atoms with Crippen LogP contribution in [-0.4, -0.2) is 0 Å². The quantitative estimate of drug-likeness (QED) is 0.0533. The molecule has 0 heteroatoms. The lowest BCUT2D eigenvalue weighted by atomic mass is 9.44. The summed E-state index contributed by atoms with van der Waals surface area (Å²) in [6, 6.07) is 0. The van der Waals surface area contributed by atoms with Crippen LogP contribution >= 0.6 is 0 Å². The van der Waals surface area contributed by atoms with Gasteiger partial charge in [0, 0.05) is 0 Å². The fourth-order valence-electron chi connectivity index (χ4n) is 26.3. The highest BCUT2D eigenvalue weighted by atomic mass is 14.6. The van der Waals surface area contributed by atoms with Crippen molar-refractivity contribution in [3.05, 3.63) is 0 Å². The Bertz CT molecular complexity index is 2050. The summed E-state index contributed by atoms with van der Waals surface area (Å²) in [5.74, 6) is 1.82. The van der Waals surface area contributed by atoms with Crippen molar-refractivity contribution in [3.8, 4) is 0 Å². The van der Waals surface area contributed by atoms with Gasteiger partial charge >= 0.3 is 0 Å². The molecule has 0 bridgehead atoms. The Balaban J connectivity index is 6.95. The molecule has 0 nitrogen and oxygen atoms in total. The molecule has 0 N–H and O–H groups in total. The molecule has 0 aromatic carbocycles. The molecule has 0 saturated carbocycles. The van der Waals surface area contributed by atoms with Crippen LogP contribution in [-0.2, 0) is 0 Å². The van der Waals surface area contributed by atoms with Gasteiger partial charge in [0.15, 0.2) is 0 Å². The minimum Gasteiger partial charge on any atom is -0.0654 e. The van der Waals surface area contributed by atoms with Crippen LogP contribution in [0.5, 0.6) is 0 Å². The second-order valence-corrected chi connectivity index (χ2v) is 48.8. The monoisotopic (exact) mass is 1940 g/mol. The summed E-state index contributed by atoms with van der Waals surface area (Å²) >= 11 is 0. The van der Waals surface area contributed by atoms with Gasteiger partial charge in [-0.25, -0.2) is 0 Å². The first-order chi connectivity index (χ1) is 68.5. The molecule has 4 unspecified atom stereocenters. The highest BCUT2D eigenvalue weighted by Gasteiger charge is 2.56. The van der Waals surface area contributed by atoms with Gasteiger partial charge in [0.2, 0.25) is 0 Å². The fourth-order valence-corrected chi connectivity index (χ4v) is 26.3. The summed E-state index contributed by atoms with van der Waals surface area (Å²) in [6.07, 6.45) is 188. The molecule has 0 amide bonds. The van der Waals surface area contributed by atoms with Crippen molar-refractivity contribution in [2.45, 2.75) is 864 Å². The first-order valence-corrected chi connectivity index (χ1v) is 68.5. The Morgan fingerprint density at radius 1 is 0.0870 bits per heavy atom. The summed E-state index contributed by atoms with van der Waals surface area (Å²) < 4.78 is 0. The largest absolute Gasteiger partial charge is 0.0654 e. The molecular formula is C138H278. The molecule has 4 atom stereocenters. The molecular weight excluding hydrogens is 1660 g/mol. The standard InChI is InChI=1S/C138H278/c1-9-17-25-32-37-41-45-49-53-57-61-65-69-73-76-80-84-88-92-96-100-104-108-112-118-126-133-137(131-124-116-36-29-21-13-5,132-125-117-111-107-103-99-95-91-87-83-79-72-68-64-60-56-52-48-44-40-35-28-20-12-4)138(134-123-24-16-8,135(127-119-31-23-15-7)129-121-114-109-105-101-97-93-89-85-81-77-74-70-66-62-58-54-50-46-42-38-33-26-18-10-2)136(128-120-113-30-22-14-6)130-122-115-110-106-102-98-94-90-86-82-78-75-71-67-63-59-55-51-47-43-39-34-27-19-11-3/h135-136H,9-134H2,1-8H3. The SMILES string of the molecule is CCCCCCCCCCCCCCCCCCCCCCCCCCCCC(CCCCCCCC)(CCCCCCCCCCCCCCCCCCCCCCCCCC)C(CCCCC)(C(CCCCCC)CCCCCCCCCCCCCCCCCCCCCCCCCCC)C(CCCCCCC)CCCCCCCCCCCCCCCCCCCCCCCCCCC. The lowest BCUT2D eigenvalue weighted by molar-refractivity contribution is -0.118. The molecule has 0 aromatic heterocycles. The molecule has 0 saturated heterocycles. The van der Waals surface area contributed by atoms with Crippen LogP contribution in [0.3, 0.4) is 0 Å². The van der Waals surface area contributed by atoms with E-state index in [4.69, 9.17) is 0 Å². The third kappa shape index (κ3) is 98.0. The molecule has 0 aromatic rings. The van der Waals surface area contributed by atoms with Crippen LogP contribution < -0.4 is 0 Å². The summed E-state index contributed by atoms with van der Waals surface area (Å²) in [6.45, 7) is 19.4. The Hall–Kier alpha value is 0. The number of unbranched alkanes of at least 4 members (excludes halogenated alkanes) is 110. The van der Waals surface area contributed by atoms with Crippen LogP contribution in [0.1, 0.15) is 864 Å². The van der Waals surface area contributed by atoms with E-state index >= 15 is 0 Å². The molecule has 0 aliphatic carbocycles. The first-order valence-electron chi connectivity index (χ1n) is 68.5. The summed E-state index contributed by atoms with van der Waals surface area (Å²) in [5.41, 5.74) is 0.951. The van der Waals surface area contributed by atoms with E-state index in [1.54, 1.807) is 51.4 Å². The highest BCUT2D eigenvalue weighted by Crippen LogP contribution is 2.65. The maximum absolute atomic E-state index is 2.59. The van der Waals surface area contributed by atoms with Crippen molar-refractivity contribution >= 4 is 0 Å². The lowest BCUT2D eigenvalue weighted by Crippen LogP contribution is -2.53. The molecule has 0 aliphatic rings. The van der Waals surface area contributed by atoms with Crippen molar-refractivity contribution in [2.24, 2.45) is 22.7 Å². The predicted molar refractivity (Wildman–Crippen MR) is 639 cm³/mol. The highest BCUT2D eigenvalue weighted by molar-refractivity contribution is 5.06. The average molecular weight is 1940 g/mol. The predicted octanol–water partition coefficient (Wildman–Crippen LogP) is 53.5. The first kappa shape index (κ1) is 138. The van der Waals surface area contributed by atoms with Crippen molar-refractivity contribution in [2.75, 3.05) is 0 Å². The molecule has 830 valence electrons. The van der Waals surface area contributed by atoms with E-state index in [-0.39, 0.29) is 0 Å². The molecule has 0 rings (SSSR count). The topological polar surface area (TPSA) is 0 Å². The number of rotatable bonds is 129. The normalized spacial score (nSPS) is 13.3. The Morgan fingerprint density at radius 2 is 0.167 bits per heavy atom. The van der Waals surface area contributed by atoms with Crippen LogP contribution in [0, 0.1) is 22.7 Å². The van der Waals surface area contributed by atoms with E-state index in [1.807, 2.05) is 0 Å². The van der Waals surface area contributed by atoms with E-state index in [1.165, 1.54) is 758 Å². The van der Waals surface area contributed by atoms with E-state index in [2.05, 4.69) is 55.4 Å². The van der Waals surface area contributed by atoms with Crippen molar-refractivity contribution in [3.63, 3.8) is 0 Å². The molecule has 0 radical (unpaired) electrons. The number of hydrogen-bond acceptors (Lipinski definition) is 0. The van der Waals surface area contributed by atoms with Crippen LogP contribution in [0.25, 0.3) is 0 Å². The van der Waals surface area contributed by atoms with E-state index in [9.17, 15) is 0 Å². The zero-order valence-corrected chi connectivity index (χ0v) is 99.3. The zero-order valence-electron chi connectivity index (χ0n) is 99.3. The van der Waals surface area contributed by atoms with Crippen molar-refractivity contribution in [1.82, 2.24) is 0 Å². The summed E-state index contributed by atoms with van der Waals surface area (Å²) in [7, 11) is 0. The molecule has 0 spiro atoms. The minimum atomic E-state index is 0.472. The second-order valence-electron chi connectivity index (χ2n) is 48.8. The number of hydrogen-bond donors (Lipinski definition) is 0. The third-order valence-electron chi connectivity index (χ3n) is 35.5. The van der Waals surface area contributed by atoms with E-state index in [0.29, 0.717) is 10.8 Å². The minimum absolute atomic E-state index is 0.472. The van der Waals surface area contributed by atoms with Gasteiger partial charge in [-0.05, 0) is 74.0 Å². The van der Waals surface area contributed by atoms with Gasteiger partial charge in [-0.3, -0.25) is 0 Å². The molecule has 0 aliphatic heterocycles. The molecule has 0 fully saturated rings. The Morgan fingerprint density at radius 3 is 0.283 bits per heavy atom. The van der Waals surface area contributed by atoms with Crippen molar-refractivity contribution in [1.29, 1.82) is 0 Å². The molecule has 0 heterocycles. The van der Waals surface area contributed by atoms with Crippen LogP contribution in [0.2, 0.25) is 0 Å². The Labute approximate surface area is 881 Å². The fraction of sp³-hybridized carbons (Fsp3) is 1.00. The third-order valence-corrected chi connectivity index (χ3v) is 35.5. The summed E-state index contributed by atoms with van der Waals surface area (Å²) in [4.78, 5) is 0. The van der Waals surface area contributed by atoms with Gasteiger partial charge in [0.1, 0.15) is 0 Å². The van der Waals surface area contributed by atoms with Gasteiger partial charge in [-0.2, -0.15) is 0 Å². The maximum Gasteiger partial charge on any atom is -0.0184 e. The second kappa shape index (κ2) is 122. The lowest BCUT2D eigenvalue weighted by Gasteiger charge is -2.61.